The van der Waals surface area contributed by atoms with E-state index in [1.165, 1.54) is 30.4 Å². The lowest BCUT2D eigenvalue weighted by Gasteiger charge is -2.31. The van der Waals surface area contributed by atoms with Crippen LogP contribution in [0.4, 0.5) is 0 Å². The first kappa shape index (κ1) is 14.9. The lowest BCUT2D eigenvalue weighted by molar-refractivity contribution is 0.107. The van der Waals surface area contributed by atoms with E-state index in [1.54, 1.807) is 7.11 Å². The first-order valence-corrected chi connectivity index (χ1v) is 8.34. The first-order chi connectivity index (χ1) is 10.3. The van der Waals surface area contributed by atoms with Crippen LogP contribution in [0, 0.1) is 5.92 Å². The van der Waals surface area contributed by atoms with Gasteiger partial charge in [0.25, 0.3) is 0 Å². The van der Waals surface area contributed by atoms with E-state index in [-0.39, 0.29) is 6.10 Å². The summed E-state index contributed by atoms with van der Waals surface area (Å²) >= 11 is 0. The number of aliphatic hydroxyl groups excluding tert-OH is 1. The molecule has 2 aliphatic carbocycles. The molecule has 0 aromatic heterocycles. The van der Waals surface area contributed by atoms with Gasteiger partial charge in [-0.05, 0) is 80.7 Å². The molecule has 0 heterocycles. The van der Waals surface area contributed by atoms with Crippen molar-refractivity contribution in [3.8, 4) is 5.75 Å². The van der Waals surface area contributed by atoms with E-state index in [4.69, 9.17) is 4.74 Å². The largest absolute Gasteiger partial charge is 0.497 e. The monoisotopic (exact) mass is 289 g/mol. The molecule has 116 valence electrons. The van der Waals surface area contributed by atoms with Crippen LogP contribution < -0.4 is 10.1 Å². The molecule has 0 aliphatic heterocycles. The summed E-state index contributed by atoms with van der Waals surface area (Å²) in [6.45, 7) is 1.09. The number of methoxy groups -OCH3 is 1. The molecule has 0 bridgehead atoms. The lowest BCUT2D eigenvalue weighted by atomic mass is 9.85. The van der Waals surface area contributed by atoms with Crippen molar-refractivity contribution in [3.63, 3.8) is 0 Å². The predicted octanol–water partition coefficient (Wildman–Crippen LogP) is 3.21. The predicted molar refractivity (Wildman–Crippen MR) is 84.6 cm³/mol. The Hall–Kier alpha value is -1.06. The molecule has 3 rings (SSSR count). The number of hydrogen-bond donors (Lipinski definition) is 2. The standard InChI is InChI=1S/C18H27NO2/c1-21-16-9-10-17-14(11-16)3-2-4-18(17)19-12-13-5-7-15(20)8-6-13/h9-11,13,15,18-20H,2-8,12H2,1H3. The number of ether oxygens (including phenoxy) is 1. The van der Waals surface area contributed by atoms with Crippen LogP contribution in [0.15, 0.2) is 18.2 Å². The lowest BCUT2D eigenvalue weighted by Crippen LogP contribution is -2.32. The van der Waals surface area contributed by atoms with E-state index >= 15 is 0 Å². The molecule has 1 atom stereocenters. The maximum absolute atomic E-state index is 9.59. The van der Waals surface area contributed by atoms with Crippen LogP contribution in [0.1, 0.15) is 55.7 Å². The van der Waals surface area contributed by atoms with Crippen LogP contribution in [0.5, 0.6) is 5.75 Å². The highest BCUT2D eigenvalue weighted by Crippen LogP contribution is 2.33. The molecule has 1 aromatic rings. The first-order valence-electron chi connectivity index (χ1n) is 8.34. The van der Waals surface area contributed by atoms with Crippen LogP contribution in [0.25, 0.3) is 0 Å². The fraction of sp³-hybridized carbons (Fsp3) is 0.667. The number of rotatable bonds is 4. The van der Waals surface area contributed by atoms with Crippen molar-refractivity contribution in [2.75, 3.05) is 13.7 Å². The highest BCUT2D eigenvalue weighted by atomic mass is 16.5. The second kappa shape index (κ2) is 6.80. The normalized spacial score (nSPS) is 29.0. The van der Waals surface area contributed by atoms with Crippen LogP contribution >= 0.6 is 0 Å². The van der Waals surface area contributed by atoms with Crippen molar-refractivity contribution in [2.24, 2.45) is 5.92 Å². The third-order valence-electron chi connectivity index (χ3n) is 5.13. The number of hydrogen-bond acceptors (Lipinski definition) is 3. The molecule has 0 radical (unpaired) electrons. The number of nitrogens with one attached hydrogen (secondary N) is 1. The zero-order valence-corrected chi connectivity index (χ0v) is 13.0. The summed E-state index contributed by atoms with van der Waals surface area (Å²) in [6, 6.07) is 7.00. The topological polar surface area (TPSA) is 41.5 Å². The molecule has 0 spiro atoms. The number of fused-ring (bicyclic) bond motifs is 1. The average molecular weight is 289 g/mol. The Bertz CT molecular complexity index is 466. The van der Waals surface area contributed by atoms with Gasteiger partial charge in [-0.15, -0.1) is 0 Å². The van der Waals surface area contributed by atoms with Crippen molar-refractivity contribution in [3.05, 3.63) is 29.3 Å². The Balaban J connectivity index is 1.60. The molecule has 1 unspecified atom stereocenters. The summed E-state index contributed by atoms with van der Waals surface area (Å²) in [5, 5.41) is 13.4. The van der Waals surface area contributed by atoms with E-state index in [0.29, 0.717) is 6.04 Å². The number of aliphatic hydroxyl groups is 1. The van der Waals surface area contributed by atoms with Gasteiger partial charge in [-0.2, -0.15) is 0 Å². The molecule has 0 saturated heterocycles. The minimum absolute atomic E-state index is 0.0517. The van der Waals surface area contributed by atoms with E-state index in [1.807, 2.05) is 0 Å². The van der Waals surface area contributed by atoms with Gasteiger partial charge in [-0.1, -0.05) is 6.07 Å². The molecule has 2 N–H and O–H groups in total. The maximum atomic E-state index is 9.59. The maximum Gasteiger partial charge on any atom is 0.119 e. The van der Waals surface area contributed by atoms with E-state index < -0.39 is 0 Å². The molecule has 21 heavy (non-hydrogen) atoms. The molecule has 2 aliphatic rings. The third-order valence-corrected chi connectivity index (χ3v) is 5.13. The molecular weight excluding hydrogens is 262 g/mol. The van der Waals surface area contributed by atoms with Gasteiger partial charge in [0.05, 0.1) is 13.2 Å². The quantitative estimate of drug-likeness (QED) is 0.894. The van der Waals surface area contributed by atoms with E-state index in [2.05, 4.69) is 23.5 Å². The summed E-state index contributed by atoms with van der Waals surface area (Å²) in [6.07, 6.45) is 7.88. The fourth-order valence-corrected chi connectivity index (χ4v) is 3.79. The Labute approximate surface area is 127 Å². The fourth-order valence-electron chi connectivity index (χ4n) is 3.79. The van der Waals surface area contributed by atoms with Crippen LogP contribution in [0.3, 0.4) is 0 Å². The highest BCUT2D eigenvalue weighted by Gasteiger charge is 2.23. The number of benzene rings is 1. The van der Waals surface area contributed by atoms with Gasteiger partial charge in [0.1, 0.15) is 5.75 Å². The molecule has 3 nitrogen and oxygen atoms in total. The van der Waals surface area contributed by atoms with Gasteiger partial charge in [0.2, 0.25) is 0 Å². The second-order valence-corrected chi connectivity index (χ2v) is 6.59. The summed E-state index contributed by atoms with van der Waals surface area (Å²) in [5.74, 6) is 1.70. The molecular formula is C18H27NO2. The van der Waals surface area contributed by atoms with E-state index in [0.717, 1.165) is 43.9 Å². The summed E-state index contributed by atoms with van der Waals surface area (Å²) < 4.78 is 5.34. The smallest absolute Gasteiger partial charge is 0.119 e. The zero-order valence-electron chi connectivity index (χ0n) is 13.0. The minimum Gasteiger partial charge on any atom is -0.497 e. The van der Waals surface area contributed by atoms with Gasteiger partial charge in [0.15, 0.2) is 0 Å². The third kappa shape index (κ3) is 3.58. The summed E-state index contributed by atoms with van der Waals surface area (Å²) in [4.78, 5) is 0. The average Bonchev–Trinajstić information content (AvgIpc) is 2.53. The van der Waals surface area contributed by atoms with Gasteiger partial charge in [-0.3, -0.25) is 0 Å². The van der Waals surface area contributed by atoms with Crippen molar-refractivity contribution in [1.82, 2.24) is 5.32 Å². The Morgan fingerprint density at radius 2 is 2.00 bits per heavy atom. The van der Waals surface area contributed by atoms with Crippen molar-refractivity contribution >= 4 is 0 Å². The van der Waals surface area contributed by atoms with Crippen LogP contribution in [-0.4, -0.2) is 24.9 Å². The van der Waals surface area contributed by atoms with Crippen LogP contribution in [0.2, 0.25) is 0 Å². The second-order valence-electron chi connectivity index (χ2n) is 6.59. The molecule has 3 heteroatoms. The van der Waals surface area contributed by atoms with Crippen LogP contribution in [-0.2, 0) is 6.42 Å². The Morgan fingerprint density at radius 1 is 1.19 bits per heavy atom. The van der Waals surface area contributed by atoms with Gasteiger partial charge in [-0.25, -0.2) is 0 Å². The highest BCUT2D eigenvalue weighted by molar-refractivity contribution is 5.39. The molecule has 1 aromatic carbocycles. The summed E-state index contributed by atoms with van der Waals surface area (Å²) in [5.41, 5.74) is 2.90. The Morgan fingerprint density at radius 3 is 2.76 bits per heavy atom. The van der Waals surface area contributed by atoms with Gasteiger partial charge < -0.3 is 15.2 Å². The zero-order chi connectivity index (χ0) is 14.7. The molecule has 0 amide bonds. The SMILES string of the molecule is COc1ccc2c(c1)CCCC2NCC1CCC(O)CC1. The number of aryl methyl sites for hydroxylation is 1. The molecule has 1 saturated carbocycles. The molecule has 1 fully saturated rings. The summed E-state index contributed by atoms with van der Waals surface area (Å²) in [7, 11) is 1.73. The van der Waals surface area contributed by atoms with Gasteiger partial charge in [0, 0.05) is 6.04 Å². The Kier molecular flexibility index (Phi) is 4.81. The van der Waals surface area contributed by atoms with Crippen molar-refractivity contribution in [1.29, 1.82) is 0 Å². The van der Waals surface area contributed by atoms with Crippen molar-refractivity contribution < 1.29 is 9.84 Å². The van der Waals surface area contributed by atoms with Crippen molar-refractivity contribution in [2.45, 2.75) is 57.1 Å². The van der Waals surface area contributed by atoms with Gasteiger partial charge >= 0.3 is 0 Å². The minimum atomic E-state index is -0.0517. The van der Waals surface area contributed by atoms with E-state index in [9.17, 15) is 5.11 Å².